The Balaban J connectivity index is 1.84. The van der Waals surface area contributed by atoms with Crippen molar-refractivity contribution in [2.75, 3.05) is 32.0 Å². The van der Waals surface area contributed by atoms with Crippen LogP contribution in [0.2, 0.25) is 0 Å². The van der Waals surface area contributed by atoms with Gasteiger partial charge in [-0.3, -0.25) is 13.9 Å². The second kappa shape index (κ2) is 7.75. The number of hydrogen-bond donors (Lipinski definition) is 0. The van der Waals surface area contributed by atoms with Gasteiger partial charge in [0.15, 0.2) is 11.5 Å². The van der Waals surface area contributed by atoms with Crippen LogP contribution in [0.1, 0.15) is 10.9 Å². The summed E-state index contributed by atoms with van der Waals surface area (Å²) in [4.78, 5) is 14.4. The van der Waals surface area contributed by atoms with E-state index in [2.05, 4.69) is 0 Å². The zero-order valence-electron chi connectivity index (χ0n) is 16.4. The lowest BCUT2D eigenvalue weighted by Crippen LogP contribution is -2.28. The van der Waals surface area contributed by atoms with E-state index < -0.39 is 16.2 Å². The van der Waals surface area contributed by atoms with Crippen molar-refractivity contribution < 1.29 is 23.2 Å². The number of hydrogen-bond acceptors (Lipinski definition) is 5. The lowest BCUT2D eigenvalue weighted by atomic mass is 10.1. The highest BCUT2D eigenvalue weighted by atomic mass is 32.2. The van der Waals surface area contributed by atoms with Crippen LogP contribution in [0.3, 0.4) is 0 Å². The average molecular weight is 411 g/mol. The maximum Gasteiger partial charge on any atom is 0.241 e. The molecule has 2 unspecified atom stereocenters. The van der Waals surface area contributed by atoms with E-state index in [-0.39, 0.29) is 11.7 Å². The van der Waals surface area contributed by atoms with Gasteiger partial charge in [-0.2, -0.15) is 0 Å². The first kappa shape index (κ1) is 19.3. The van der Waals surface area contributed by atoms with Crippen molar-refractivity contribution in [1.82, 2.24) is 0 Å². The number of carbonyl (C=O) groups excluding carboxylic acids is 1. The number of anilines is 1. The number of benzene rings is 3. The van der Waals surface area contributed by atoms with Crippen LogP contribution in [0.4, 0.5) is 5.69 Å². The van der Waals surface area contributed by atoms with E-state index in [0.717, 1.165) is 16.3 Å². The van der Waals surface area contributed by atoms with Crippen molar-refractivity contribution in [3.05, 3.63) is 60.2 Å². The lowest BCUT2D eigenvalue weighted by molar-refractivity contribution is -0.115. The summed E-state index contributed by atoms with van der Waals surface area (Å²) in [5, 5.41) is 1.53. The normalized spacial score (nSPS) is 18.9. The van der Waals surface area contributed by atoms with Crippen LogP contribution < -0.4 is 19.1 Å². The predicted octanol–water partition coefficient (Wildman–Crippen LogP) is 3.66. The van der Waals surface area contributed by atoms with E-state index >= 15 is 0 Å². The first-order chi connectivity index (χ1) is 14.1. The summed E-state index contributed by atoms with van der Waals surface area (Å²) in [6.07, 6.45) is 0. The van der Waals surface area contributed by atoms with Gasteiger partial charge in [0.1, 0.15) is 11.1 Å². The molecule has 150 valence electrons. The van der Waals surface area contributed by atoms with Gasteiger partial charge in [0, 0.05) is 12.1 Å². The number of amides is 1. The van der Waals surface area contributed by atoms with Crippen molar-refractivity contribution in [2.24, 2.45) is 0 Å². The number of methoxy groups -OCH3 is 3. The number of fused-ring (bicyclic) bond motifs is 1. The topological polar surface area (TPSA) is 65.1 Å². The Morgan fingerprint density at radius 1 is 0.897 bits per heavy atom. The standard InChI is InChI=1S/C22H21NO5S/c1-26-18-11-17(12-19(27-2)21(18)28-3)23-20(24)13-29(25)22(23)16-9-8-14-6-4-5-7-15(14)10-16/h4-12,22H,13H2,1-3H3. The minimum atomic E-state index is -1.38. The van der Waals surface area contributed by atoms with E-state index in [1.54, 1.807) is 17.0 Å². The zero-order chi connectivity index (χ0) is 20.5. The minimum absolute atomic E-state index is 0.0336. The molecule has 6 nitrogen and oxygen atoms in total. The van der Waals surface area contributed by atoms with Gasteiger partial charge in [-0.05, 0) is 22.4 Å². The predicted molar refractivity (Wildman–Crippen MR) is 113 cm³/mol. The molecule has 1 aliphatic heterocycles. The van der Waals surface area contributed by atoms with Crippen molar-refractivity contribution in [1.29, 1.82) is 0 Å². The van der Waals surface area contributed by atoms with E-state index in [1.165, 1.54) is 21.3 Å². The SMILES string of the molecule is COc1cc(N2C(=O)CS(=O)C2c2ccc3ccccc3c2)cc(OC)c1OC. The van der Waals surface area contributed by atoms with Gasteiger partial charge >= 0.3 is 0 Å². The fourth-order valence-corrected chi connectivity index (χ4v) is 5.13. The molecular weight excluding hydrogens is 390 g/mol. The van der Waals surface area contributed by atoms with E-state index in [1.807, 2.05) is 42.5 Å². The molecule has 4 rings (SSSR count). The second-order valence-corrected chi connectivity index (χ2v) is 8.13. The fraction of sp³-hybridized carbons (Fsp3) is 0.227. The Labute approximate surface area is 171 Å². The van der Waals surface area contributed by atoms with Gasteiger partial charge in [0.05, 0.1) is 37.8 Å². The molecule has 0 aromatic heterocycles. The Morgan fingerprint density at radius 2 is 1.55 bits per heavy atom. The van der Waals surface area contributed by atoms with Crippen molar-refractivity contribution in [3.8, 4) is 17.2 Å². The van der Waals surface area contributed by atoms with E-state index in [9.17, 15) is 9.00 Å². The summed E-state index contributed by atoms with van der Waals surface area (Å²) >= 11 is 0. The molecule has 2 atom stereocenters. The Bertz CT molecular complexity index is 1090. The Morgan fingerprint density at radius 3 is 2.17 bits per heavy atom. The summed E-state index contributed by atoms with van der Waals surface area (Å²) < 4.78 is 29.1. The van der Waals surface area contributed by atoms with Crippen LogP contribution in [0.25, 0.3) is 10.8 Å². The monoisotopic (exact) mass is 411 g/mol. The fourth-order valence-electron chi connectivity index (χ4n) is 3.67. The van der Waals surface area contributed by atoms with Crippen molar-refractivity contribution >= 4 is 33.2 Å². The smallest absolute Gasteiger partial charge is 0.241 e. The zero-order valence-corrected chi connectivity index (χ0v) is 17.2. The summed E-state index contributed by atoms with van der Waals surface area (Å²) in [6.45, 7) is 0. The third-order valence-corrected chi connectivity index (χ3v) is 6.52. The summed E-state index contributed by atoms with van der Waals surface area (Å²) in [6, 6.07) is 17.3. The van der Waals surface area contributed by atoms with Gasteiger partial charge in [-0.25, -0.2) is 0 Å². The largest absolute Gasteiger partial charge is 0.493 e. The first-order valence-corrected chi connectivity index (χ1v) is 10.4. The highest BCUT2D eigenvalue weighted by Crippen LogP contribution is 2.44. The molecule has 0 N–H and O–H groups in total. The molecule has 0 saturated carbocycles. The van der Waals surface area contributed by atoms with Gasteiger partial charge < -0.3 is 14.2 Å². The summed E-state index contributed by atoms with van der Waals surface area (Å²) in [5.41, 5.74) is 1.37. The second-order valence-electron chi connectivity index (χ2n) is 6.63. The molecule has 1 fully saturated rings. The molecule has 1 saturated heterocycles. The number of nitrogens with zero attached hydrogens (tertiary/aromatic N) is 1. The number of carbonyl (C=O) groups is 1. The molecule has 0 aliphatic carbocycles. The highest BCUT2D eigenvalue weighted by Gasteiger charge is 2.40. The molecule has 29 heavy (non-hydrogen) atoms. The van der Waals surface area contributed by atoms with Crippen molar-refractivity contribution in [3.63, 3.8) is 0 Å². The van der Waals surface area contributed by atoms with E-state index in [4.69, 9.17) is 14.2 Å². The maximum atomic E-state index is 12.9. The number of ether oxygens (including phenoxy) is 3. The van der Waals surface area contributed by atoms with E-state index in [0.29, 0.717) is 22.9 Å². The summed E-state index contributed by atoms with van der Waals surface area (Å²) in [7, 11) is 3.19. The third-order valence-electron chi connectivity index (χ3n) is 5.00. The summed E-state index contributed by atoms with van der Waals surface area (Å²) in [5.74, 6) is 1.06. The van der Waals surface area contributed by atoms with Crippen LogP contribution in [0.15, 0.2) is 54.6 Å². The molecule has 0 bridgehead atoms. The van der Waals surface area contributed by atoms with Crippen LogP contribution in [-0.4, -0.2) is 37.2 Å². The highest BCUT2D eigenvalue weighted by molar-refractivity contribution is 7.86. The molecule has 0 radical (unpaired) electrons. The molecule has 1 aliphatic rings. The van der Waals surface area contributed by atoms with Gasteiger partial charge in [0.25, 0.3) is 0 Å². The molecule has 0 spiro atoms. The Kier molecular flexibility index (Phi) is 5.15. The molecule has 3 aromatic carbocycles. The Hall–Kier alpha value is -3.06. The van der Waals surface area contributed by atoms with Gasteiger partial charge in [0.2, 0.25) is 11.7 Å². The van der Waals surface area contributed by atoms with Crippen molar-refractivity contribution in [2.45, 2.75) is 5.37 Å². The van der Waals surface area contributed by atoms with Crippen LogP contribution in [0, 0.1) is 0 Å². The first-order valence-electron chi connectivity index (χ1n) is 9.05. The molecule has 3 aromatic rings. The van der Waals surface area contributed by atoms with Crippen LogP contribution >= 0.6 is 0 Å². The average Bonchev–Trinajstić information content (AvgIpc) is 3.05. The minimum Gasteiger partial charge on any atom is -0.493 e. The van der Waals surface area contributed by atoms with Gasteiger partial charge in [-0.1, -0.05) is 36.4 Å². The maximum absolute atomic E-state index is 12.9. The molecule has 1 heterocycles. The quantitative estimate of drug-likeness (QED) is 0.641. The molecule has 7 heteroatoms. The van der Waals surface area contributed by atoms with Gasteiger partial charge in [-0.15, -0.1) is 0 Å². The third kappa shape index (κ3) is 3.31. The molecule has 1 amide bonds. The molecular formula is C22H21NO5S. The van der Waals surface area contributed by atoms with Crippen LogP contribution in [-0.2, 0) is 15.6 Å². The van der Waals surface area contributed by atoms with Crippen LogP contribution in [0.5, 0.6) is 17.2 Å². The lowest BCUT2D eigenvalue weighted by Gasteiger charge is -2.25. The number of rotatable bonds is 5.